The number of nitrogens with one attached hydrogen (secondary N) is 1. The van der Waals surface area contributed by atoms with E-state index in [2.05, 4.69) is 5.32 Å². The molecule has 0 aliphatic heterocycles. The average molecular weight is 542 g/mol. The van der Waals surface area contributed by atoms with Gasteiger partial charge in [0.15, 0.2) is 0 Å². The van der Waals surface area contributed by atoms with E-state index >= 15 is 0 Å². The minimum absolute atomic E-state index is 0.0211. The van der Waals surface area contributed by atoms with E-state index in [1.165, 1.54) is 36.3 Å². The van der Waals surface area contributed by atoms with Crippen molar-refractivity contribution < 1.29 is 27.1 Å². The fourth-order valence-electron chi connectivity index (χ4n) is 4.03. The summed E-state index contributed by atoms with van der Waals surface area (Å²) in [4.78, 5) is 28.2. The number of carbonyl (C=O) groups excluding carboxylic acids is 2. The maximum atomic E-state index is 13.9. The smallest absolute Gasteiger partial charge is 0.264 e. The van der Waals surface area contributed by atoms with E-state index in [4.69, 9.17) is 4.74 Å². The zero-order chi connectivity index (χ0) is 27.7. The van der Waals surface area contributed by atoms with Crippen LogP contribution in [-0.4, -0.2) is 51.4 Å². The number of hydrogen-bond acceptors (Lipinski definition) is 5. The van der Waals surface area contributed by atoms with Crippen molar-refractivity contribution in [3.63, 3.8) is 0 Å². The number of rotatable bonds is 12. The molecule has 0 radical (unpaired) electrons. The molecule has 0 aliphatic rings. The predicted octanol–water partition coefficient (Wildman–Crippen LogP) is 3.97. The van der Waals surface area contributed by atoms with Crippen LogP contribution in [0, 0.1) is 5.82 Å². The number of halogens is 1. The van der Waals surface area contributed by atoms with Crippen molar-refractivity contribution in [3.8, 4) is 5.75 Å². The number of nitrogens with zero attached hydrogens (tertiary/aromatic N) is 2. The normalized spacial score (nSPS) is 11.9. The van der Waals surface area contributed by atoms with Crippen LogP contribution in [0.3, 0.4) is 0 Å². The van der Waals surface area contributed by atoms with Gasteiger partial charge in [-0.25, -0.2) is 12.8 Å². The molecular formula is C28H32FN3O5S. The van der Waals surface area contributed by atoms with Crippen molar-refractivity contribution in [2.75, 3.05) is 24.5 Å². The first-order chi connectivity index (χ1) is 18.2. The van der Waals surface area contributed by atoms with Crippen LogP contribution >= 0.6 is 0 Å². The highest BCUT2D eigenvalue weighted by Gasteiger charge is 2.33. The third kappa shape index (κ3) is 6.89. The molecule has 0 bridgehead atoms. The Labute approximate surface area is 223 Å². The molecule has 0 unspecified atom stereocenters. The Morgan fingerprint density at radius 2 is 1.66 bits per heavy atom. The van der Waals surface area contributed by atoms with Gasteiger partial charge in [-0.2, -0.15) is 0 Å². The molecule has 0 saturated heterocycles. The first-order valence-electron chi connectivity index (χ1n) is 12.2. The largest absolute Gasteiger partial charge is 0.497 e. The Bertz CT molecular complexity index is 1330. The van der Waals surface area contributed by atoms with Gasteiger partial charge < -0.3 is 15.0 Å². The van der Waals surface area contributed by atoms with Crippen molar-refractivity contribution in [2.45, 2.75) is 37.8 Å². The molecule has 3 rings (SSSR count). The lowest BCUT2D eigenvalue weighted by molar-refractivity contribution is -0.140. The zero-order valence-electron chi connectivity index (χ0n) is 21.6. The van der Waals surface area contributed by atoms with Crippen LogP contribution in [0.4, 0.5) is 10.1 Å². The number of methoxy groups -OCH3 is 1. The Morgan fingerprint density at radius 3 is 2.26 bits per heavy atom. The maximum Gasteiger partial charge on any atom is 0.264 e. The highest BCUT2D eigenvalue weighted by atomic mass is 32.2. The predicted molar refractivity (Wildman–Crippen MR) is 144 cm³/mol. The molecule has 0 aromatic heterocycles. The molecule has 3 aromatic rings. The molecule has 2 amide bonds. The van der Waals surface area contributed by atoms with Gasteiger partial charge in [-0.1, -0.05) is 37.3 Å². The molecule has 38 heavy (non-hydrogen) atoms. The topological polar surface area (TPSA) is 96.0 Å². The van der Waals surface area contributed by atoms with Crippen molar-refractivity contribution in [2.24, 2.45) is 0 Å². The van der Waals surface area contributed by atoms with Gasteiger partial charge in [0, 0.05) is 13.1 Å². The van der Waals surface area contributed by atoms with Crippen LogP contribution in [0.25, 0.3) is 0 Å². The lowest BCUT2D eigenvalue weighted by atomic mass is 10.1. The van der Waals surface area contributed by atoms with Crippen LogP contribution in [-0.2, 0) is 26.2 Å². The summed E-state index contributed by atoms with van der Waals surface area (Å²) < 4.78 is 47.2. The Hall–Kier alpha value is -3.92. The van der Waals surface area contributed by atoms with Gasteiger partial charge in [0.25, 0.3) is 10.0 Å². The van der Waals surface area contributed by atoms with Crippen molar-refractivity contribution in [1.82, 2.24) is 10.2 Å². The molecule has 8 nitrogen and oxygen atoms in total. The Morgan fingerprint density at radius 1 is 0.974 bits per heavy atom. The molecule has 1 atom stereocenters. The number of likely N-dealkylation sites (N-methyl/N-ethyl adjacent to an activating group) is 1. The molecule has 0 fully saturated rings. The Kier molecular flexibility index (Phi) is 9.84. The third-order valence-corrected chi connectivity index (χ3v) is 7.74. The monoisotopic (exact) mass is 541 g/mol. The van der Waals surface area contributed by atoms with Gasteiger partial charge in [0.2, 0.25) is 11.8 Å². The second-order valence-corrected chi connectivity index (χ2v) is 10.4. The summed E-state index contributed by atoms with van der Waals surface area (Å²) >= 11 is 0. The lowest BCUT2D eigenvalue weighted by Gasteiger charge is -2.33. The van der Waals surface area contributed by atoms with E-state index in [1.54, 1.807) is 56.3 Å². The number of sulfonamides is 1. The molecule has 1 N–H and O–H groups in total. The van der Waals surface area contributed by atoms with E-state index in [-0.39, 0.29) is 23.0 Å². The van der Waals surface area contributed by atoms with E-state index in [9.17, 15) is 22.4 Å². The summed E-state index contributed by atoms with van der Waals surface area (Å²) in [5.41, 5.74) is 0.829. The highest BCUT2D eigenvalue weighted by Crippen LogP contribution is 2.25. The van der Waals surface area contributed by atoms with Gasteiger partial charge in [0.05, 0.1) is 17.7 Å². The van der Waals surface area contributed by atoms with Gasteiger partial charge in [-0.3, -0.25) is 13.9 Å². The second kappa shape index (κ2) is 13.0. The summed E-state index contributed by atoms with van der Waals surface area (Å²) in [6.07, 6.45) is 0.309. The third-order valence-electron chi connectivity index (χ3n) is 5.95. The molecule has 0 spiro atoms. The number of ether oxygens (including phenoxy) is 1. The fraction of sp³-hybridized carbons (Fsp3) is 0.286. The summed E-state index contributed by atoms with van der Waals surface area (Å²) in [6.45, 7) is 3.39. The summed E-state index contributed by atoms with van der Waals surface area (Å²) in [7, 11) is -2.67. The first-order valence-corrected chi connectivity index (χ1v) is 13.7. The highest BCUT2D eigenvalue weighted by molar-refractivity contribution is 7.92. The molecule has 3 aromatic carbocycles. The summed E-state index contributed by atoms with van der Waals surface area (Å²) in [6, 6.07) is 18.8. The van der Waals surface area contributed by atoms with Crippen LogP contribution in [0.2, 0.25) is 0 Å². The van der Waals surface area contributed by atoms with Gasteiger partial charge >= 0.3 is 0 Å². The molecular weight excluding hydrogens is 509 g/mol. The second-order valence-electron chi connectivity index (χ2n) is 8.49. The number of amides is 2. The van der Waals surface area contributed by atoms with Gasteiger partial charge in [-0.05, 0) is 67.4 Å². The standard InChI is InChI=1S/C28H32FN3O5S/c1-4-26(28(34)30-5-2)31(19-21-10-9-11-24(18-21)37-3)27(33)20-32(23-16-14-22(29)15-17-23)38(35,36)25-12-7-6-8-13-25/h6-18,26H,4-5,19-20H2,1-3H3,(H,30,34)/t26-/m1/s1. The quantitative estimate of drug-likeness (QED) is 0.374. The fourth-order valence-corrected chi connectivity index (χ4v) is 5.47. The molecule has 0 saturated carbocycles. The summed E-state index contributed by atoms with van der Waals surface area (Å²) in [5, 5.41) is 2.76. The van der Waals surface area contributed by atoms with Crippen LogP contribution in [0.15, 0.2) is 83.8 Å². The van der Waals surface area contributed by atoms with Crippen molar-refractivity contribution in [1.29, 1.82) is 0 Å². The molecule has 10 heteroatoms. The minimum Gasteiger partial charge on any atom is -0.497 e. The molecule has 0 heterocycles. The van der Waals surface area contributed by atoms with E-state index < -0.39 is 34.3 Å². The van der Waals surface area contributed by atoms with E-state index in [0.29, 0.717) is 24.3 Å². The number of anilines is 1. The van der Waals surface area contributed by atoms with Crippen LogP contribution in [0.5, 0.6) is 5.75 Å². The molecule has 202 valence electrons. The number of hydrogen-bond donors (Lipinski definition) is 1. The molecule has 0 aliphatic carbocycles. The van der Waals surface area contributed by atoms with Crippen LogP contribution in [0.1, 0.15) is 25.8 Å². The Balaban J connectivity index is 2.05. The van der Waals surface area contributed by atoms with Crippen molar-refractivity contribution in [3.05, 3.63) is 90.2 Å². The minimum atomic E-state index is -4.20. The van der Waals surface area contributed by atoms with Crippen molar-refractivity contribution >= 4 is 27.5 Å². The summed E-state index contributed by atoms with van der Waals surface area (Å²) in [5.74, 6) is -0.889. The van der Waals surface area contributed by atoms with E-state index in [0.717, 1.165) is 16.4 Å². The van der Waals surface area contributed by atoms with E-state index in [1.807, 2.05) is 0 Å². The number of carbonyl (C=O) groups is 2. The zero-order valence-corrected chi connectivity index (χ0v) is 22.4. The lowest BCUT2D eigenvalue weighted by Crippen LogP contribution is -2.52. The number of benzene rings is 3. The van der Waals surface area contributed by atoms with Gasteiger partial charge in [0.1, 0.15) is 24.2 Å². The first kappa shape index (κ1) is 28.6. The maximum absolute atomic E-state index is 13.9. The average Bonchev–Trinajstić information content (AvgIpc) is 2.92. The van der Waals surface area contributed by atoms with Gasteiger partial charge in [-0.15, -0.1) is 0 Å². The SMILES string of the molecule is CCNC(=O)[C@@H](CC)N(Cc1cccc(OC)c1)C(=O)CN(c1ccc(F)cc1)S(=O)(=O)c1ccccc1. The van der Waals surface area contributed by atoms with Crippen LogP contribution < -0.4 is 14.4 Å².